The van der Waals surface area contributed by atoms with Crippen molar-refractivity contribution in [2.24, 2.45) is 17.8 Å². The zero-order valence-electron chi connectivity index (χ0n) is 19.0. The smallest absolute Gasteiger partial charge is 0.407 e. The zero-order chi connectivity index (χ0) is 23.8. The van der Waals surface area contributed by atoms with Gasteiger partial charge < -0.3 is 24.8 Å². The molecule has 5 rings (SSSR count). The van der Waals surface area contributed by atoms with Gasteiger partial charge >= 0.3 is 12.1 Å². The van der Waals surface area contributed by atoms with Crippen molar-refractivity contribution >= 4 is 18.0 Å². The molecule has 2 aromatic carbocycles. The molecule has 178 valence electrons. The Bertz CT molecular complexity index is 1060. The summed E-state index contributed by atoms with van der Waals surface area (Å²) in [6.45, 7) is 1.30. The molecule has 34 heavy (non-hydrogen) atoms. The highest BCUT2D eigenvalue weighted by Gasteiger charge is 2.60. The molecule has 2 aromatic rings. The van der Waals surface area contributed by atoms with Crippen LogP contribution < -0.4 is 5.32 Å². The van der Waals surface area contributed by atoms with Crippen LogP contribution in [0.5, 0.6) is 0 Å². The topological polar surface area (TPSA) is 105 Å². The van der Waals surface area contributed by atoms with E-state index in [0.29, 0.717) is 26.1 Å². The average Bonchev–Trinajstić information content (AvgIpc) is 3.20. The van der Waals surface area contributed by atoms with Crippen LogP contribution >= 0.6 is 0 Å². The van der Waals surface area contributed by atoms with Crippen molar-refractivity contribution in [3.63, 3.8) is 0 Å². The van der Waals surface area contributed by atoms with Crippen LogP contribution in [-0.2, 0) is 19.1 Å². The lowest BCUT2D eigenvalue weighted by atomic mass is 9.98. The molecule has 1 saturated heterocycles. The number of hydrogen-bond acceptors (Lipinski definition) is 5. The SMILES string of the molecule is COCCC(NC(=O)OCC1c2ccccc2-c2ccccc21)C(=O)N1CC2C(C1)C2C(=O)O. The Kier molecular flexibility index (Phi) is 6.00. The third-order valence-electron chi connectivity index (χ3n) is 7.34. The molecule has 0 aromatic heterocycles. The Morgan fingerprint density at radius 2 is 1.62 bits per heavy atom. The lowest BCUT2D eigenvalue weighted by molar-refractivity contribution is -0.141. The Morgan fingerprint density at radius 3 is 2.18 bits per heavy atom. The number of carbonyl (C=O) groups is 3. The number of methoxy groups -OCH3 is 1. The third-order valence-corrected chi connectivity index (χ3v) is 7.34. The first kappa shape index (κ1) is 22.4. The maximum Gasteiger partial charge on any atom is 0.407 e. The minimum absolute atomic E-state index is 0.0129. The van der Waals surface area contributed by atoms with E-state index in [4.69, 9.17) is 9.47 Å². The molecule has 1 aliphatic heterocycles. The fraction of sp³-hybridized carbons (Fsp3) is 0.423. The van der Waals surface area contributed by atoms with Crippen molar-refractivity contribution in [2.45, 2.75) is 18.4 Å². The van der Waals surface area contributed by atoms with Crippen LogP contribution in [0.1, 0.15) is 23.5 Å². The van der Waals surface area contributed by atoms with Crippen molar-refractivity contribution in [1.82, 2.24) is 10.2 Å². The van der Waals surface area contributed by atoms with E-state index >= 15 is 0 Å². The van der Waals surface area contributed by atoms with Gasteiger partial charge in [0, 0.05) is 39.1 Å². The lowest BCUT2D eigenvalue weighted by Gasteiger charge is -2.26. The number of amides is 2. The van der Waals surface area contributed by atoms with E-state index in [1.165, 1.54) is 7.11 Å². The molecule has 0 spiro atoms. The molecule has 2 amide bonds. The fourth-order valence-corrected chi connectivity index (χ4v) is 5.57. The van der Waals surface area contributed by atoms with Crippen LogP contribution in [0.3, 0.4) is 0 Å². The Balaban J connectivity index is 1.21. The average molecular weight is 465 g/mol. The van der Waals surface area contributed by atoms with Gasteiger partial charge in [-0.25, -0.2) is 4.79 Å². The highest BCUT2D eigenvalue weighted by molar-refractivity contribution is 5.87. The van der Waals surface area contributed by atoms with Crippen molar-refractivity contribution in [3.8, 4) is 11.1 Å². The normalized spacial score (nSPS) is 23.0. The molecular formula is C26H28N2O6. The molecular weight excluding hydrogens is 436 g/mol. The number of carbonyl (C=O) groups excluding carboxylic acids is 2. The van der Waals surface area contributed by atoms with E-state index in [2.05, 4.69) is 29.6 Å². The van der Waals surface area contributed by atoms with Crippen molar-refractivity contribution < 1.29 is 29.0 Å². The first-order chi connectivity index (χ1) is 16.5. The number of nitrogens with one attached hydrogen (secondary N) is 1. The van der Waals surface area contributed by atoms with Gasteiger partial charge in [-0.2, -0.15) is 0 Å². The largest absolute Gasteiger partial charge is 0.481 e. The lowest BCUT2D eigenvalue weighted by Crippen LogP contribution is -2.49. The van der Waals surface area contributed by atoms with Crippen molar-refractivity contribution in [2.75, 3.05) is 33.4 Å². The van der Waals surface area contributed by atoms with Gasteiger partial charge in [0.2, 0.25) is 5.91 Å². The molecule has 1 heterocycles. The number of benzene rings is 2. The predicted octanol–water partition coefficient (Wildman–Crippen LogP) is 2.72. The summed E-state index contributed by atoms with van der Waals surface area (Å²) in [7, 11) is 1.54. The highest BCUT2D eigenvalue weighted by atomic mass is 16.5. The summed E-state index contributed by atoms with van der Waals surface area (Å²) >= 11 is 0. The molecule has 2 N–H and O–H groups in total. The second-order valence-electron chi connectivity index (χ2n) is 9.24. The summed E-state index contributed by atoms with van der Waals surface area (Å²) in [4.78, 5) is 38.6. The maximum atomic E-state index is 13.1. The van der Waals surface area contributed by atoms with Gasteiger partial charge in [-0.1, -0.05) is 48.5 Å². The second kappa shape index (κ2) is 9.10. The zero-order valence-corrected chi connectivity index (χ0v) is 19.0. The number of alkyl carbamates (subject to hydrolysis) is 1. The minimum atomic E-state index is -0.796. The van der Waals surface area contributed by atoms with E-state index in [9.17, 15) is 19.5 Å². The molecule has 1 saturated carbocycles. The summed E-state index contributed by atoms with van der Waals surface area (Å²) in [6, 6.07) is 15.4. The molecule has 2 fully saturated rings. The number of piperidine rings is 1. The number of aliphatic carboxylic acids is 1. The van der Waals surface area contributed by atoms with E-state index in [0.717, 1.165) is 22.3 Å². The Labute approximate surface area is 197 Å². The van der Waals surface area contributed by atoms with Gasteiger partial charge in [-0.3, -0.25) is 9.59 Å². The number of carboxylic acids is 1. The second-order valence-corrected chi connectivity index (χ2v) is 9.24. The molecule has 2 aliphatic carbocycles. The summed E-state index contributed by atoms with van der Waals surface area (Å²) in [5.74, 6) is -1.41. The minimum Gasteiger partial charge on any atom is -0.481 e. The summed E-state index contributed by atoms with van der Waals surface area (Å²) in [6.07, 6.45) is -0.336. The number of likely N-dealkylation sites (tertiary alicyclic amines) is 1. The predicted molar refractivity (Wildman–Crippen MR) is 123 cm³/mol. The Morgan fingerprint density at radius 1 is 1.03 bits per heavy atom. The number of ether oxygens (including phenoxy) is 2. The van der Waals surface area contributed by atoms with Crippen LogP contribution in [0, 0.1) is 17.8 Å². The molecule has 8 nitrogen and oxygen atoms in total. The van der Waals surface area contributed by atoms with Crippen LogP contribution in [0.4, 0.5) is 4.79 Å². The summed E-state index contributed by atoms with van der Waals surface area (Å²) in [5, 5.41) is 11.9. The first-order valence-electron chi connectivity index (χ1n) is 11.6. The number of rotatable bonds is 8. The standard InChI is InChI=1S/C26H28N2O6/c1-33-11-10-22(24(29)28-12-19-20(13-28)23(19)25(30)31)27-26(32)34-14-21-17-8-4-2-6-15(17)16-7-3-5-9-18(16)21/h2-9,19-23H,10-14H2,1H3,(H,27,32)(H,30,31). The number of hydrogen-bond donors (Lipinski definition) is 2. The highest BCUT2D eigenvalue weighted by Crippen LogP contribution is 2.51. The van der Waals surface area contributed by atoms with Gasteiger partial charge in [0.25, 0.3) is 0 Å². The van der Waals surface area contributed by atoms with Gasteiger partial charge in [0.05, 0.1) is 5.92 Å². The molecule has 3 unspecified atom stereocenters. The van der Waals surface area contributed by atoms with Crippen molar-refractivity contribution in [3.05, 3.63) is 59.7 Å². The molecule has 8 heteroatoms. The van der Waals surface area contributed by atoms with E-state index < -0.39 is 18.1 Å². The molecule has 0 radical (unpaired) electrons. The van der Waals surface area contributed by atoms with Crippen molar-refractivity contribution in [1.29, 1.82) is 0 Å². The molecule has 3 aliphatic rings. The van der Waals surface area contributed by atoms with E-state index in [1.54, 1.807) is 4.90 Å². The first-order valence-corrected chi connectivity index (χ1v) is 11.6. The fourth-order valence-electron chi connectivity index (χ4n) is 5.57. The van der Waals surface area contributed by atoms with Gasteiger partial charge in [-0.15, -0.1) is 0 Å². The summed E-state index contributed by atoms with van der Waals surface area (Å²) < 4.78 is 10.7. The summed E-state index contributed by atoms with van der Waals surface area (Å²) in [5.41, 5.74) is 4.53. The van der Waals surface area contributed by atoms with Crippen LogP contribution in [0.25, 0.3) is 11.1 Å². The number of carboxylic acid groups (broad SMARTS) is 1. The molecule has 3 atom stereocenters. The number of nitrogens with zero attached hydrogens (tertiary/aromatic N) is 1. The quantitative estimate of drug-likeness (QED) is 0.623. The maximum absolute atomic E-state index is 13.1. The Hall–Kier alpha value is -3.39. The third kappa shape index (κ3) is 4.03. The van der Waals surface area contributed by atoms with Crippen LogP contribution in [0.15, 0.2) is 48.5 Å². The van der Waals surface area contributed by atoms with Crippen LogP contribution in [-0.4, -0.2) is 67.4 Å². The van der Waals surface area contributed by atoms with Gasteiger partial charge in [0.15, 0.2) is 0 Å². The molecule has 0 bridgehead atoms. The van der Waals surface area contributed by atoms with E-state index in [1.807, 2.05) is 24.3 Å². The van der Waals surface area contributed by atoms with Crippen LogP contribution in [0.2, 0.25) is 0 Å². The van der Waals surface area contributed by atoms with E-state index in [-0.39, 0.29) is 36.2 Å². The van der Waals surface area contributed by atoms with Gasteiger partial charge in [-0.05, 0) is 34.1 Å². The monoisotopic (exact) mass is 464 g/mol. The number of fused-ring (bicyclic) bond motifs is 4. The van der Waals surface area contributed by atoms with Gasteiger partial charge in [0.1, 0.15) is 12.6 Å².